The van der Waals surface area contributed by atoms with Crippen LogP contribution in [-0.2, 0) is 38.4 Å². The highest BCUT2D eigenvalue weighted by molar-refractivity contribution is 14.1. The molecule has 0 unspecified atom stereocenters. The van der Waals surface area contributed by atoms with Gasteiger partial charge in [-0.2, -0.15) is 0 Å². The highest BCUT2D eigenvalue weighted by atomic mass is 127. The van der Waals surface area contributed by atoms with E-state index in [-0.39, 0.29) is 29.9 Å². The second-order valence-corrected chi connectivity index (χ2v) is 16.5. The third-order valence-electron chi connectivity index (χ3n) is 6.49. The van der Waals surface area contributed by atoms with Crippen molar-refractivity contribution in [2.75, 3.05) is 11.9 Å². The molecule has 0 spiro atoms. The average molecular weight is 638 g/mol. The molecule has 1 amide bonds. The Labute approximate surface area is 233 Å². The Bertz CT molecular complexity index is 1280. The van der Waals surface area contributed by atoms with Gasteiger partial charge < -0.3 is 23.6 Å². The highest BCUT2D eigenvalue weighted by Gasteiger charge is 2.37. The quantitative estimate of drug-likeness (QED) is 0.144. The van der Waals surface area contributed by atoms with Gasteiger partial charge in [0.05, 0.1) is 23.2 Å². The fraction of sp³-hybridized carbons (Fsp3) is 0.429. The Hall–Kier alpha value is -2.37. The maximum atomic E-state index is 12.1. The van der Waals surface area contributed by atoms with Crippen molar-refractivity contribution < 1.29 is 27.9 Å². The van der Waals surface area contributed by atoms with Crippen LogP contribution < -0.4 is 10.1 Å². The van der Waals surface area contributed by atoms with Gasteiger partial charge in [-0.05, 0) is 77.5 Å². The van der Waals surface area contributed by atoms with Crippen molar-refractivity contribution in [1.29, 1.82) is 0 Å². The first kappa shape index (κ1) is 29.2. The van der Waals surface area contributed by atoms with Crippen LogP contribution in [0.1, 0.15) is 51.5 Å². The van der Waals surface area contributed by atoms with E-state index in [1.54, 1.807) is 25.1 Å². The predicted octanol–water partition coefficient (Wildman–Crippen LogP) is 7.20. The van der Waals surface area contributed by atoms with Crippen LogP contribution in [0, 0.1) is 3.57 Å². The molecule has 0 fully saturated rings. The van der Waals surface area contributed by atoms with Gasteiger partial charge >= 0.3 is 5.97 Å². The van der Waals surface area contributed by atoms with Crippen LogP contribution in [0.2, 0.25) is 18.1 Å². The molecule has 1 N–H and O–H groups in total. The zero-order chi connectivity index (χ0) is 27.4. The summed E-state index contributed by atoms with van der Waals surface area (Å²) in [4.78, 5) is 23.6. The molecule has 0 aliphatic rings. The second-order valence-electron chi connectivity index (χ2n) is 10.5. The summed E-state index contributed by atoms with van der Waals surface area (Å²) in [6.07, 6.45) is 0.0828. The smallest absolute Gasteiger partial charge is 0.310 e. The number of hydrogen-bond acceptors (Lipinski definition) is 6. The minimum Gasteiger partial charge on any atom is -0.489 e. The lowest BCUT2D eigenvalue weighted by Crippen LogP contribution is -2.40. The van der Waals surface area contributed by atoms with Gasteiger partial charge in [-0.15, -0.1) is 0 Å². The number of furan rings is 1. The van der Waals surface area contributed by atoms with E-state index in [2.05, 4.69) is 61.8 Å². The molecule has 0 radical (unpaired) electrons. The first-order chi connectivity index (χ1) is 17.3. The zero-order valence-electron chi connectivity index (χ0n) is 22.6. The van der Waals surface area contributed by atoms with Crippen molar-refractivity contribution in [1.82, 2.24) is 0 Å². The van der Waals surface area contributed by atoms with E-state index >= 15 is 0 Å². The summed E-state index contributed by atoms with van der Waals surface area (Å²) >= 11 is 2.27. The fourth-order valence-corrected chi connectivity index (χ4v) is 5.25. The van der Waals surface area contributed by atoms with E-state index in [1.165, 1.54) is 6.92 Å². The van der Waals surface area contributed by atoms with Crippen LogP contribution in [0.5, 0.6) is 5.75 Å². The molecule has 1 heterocycles. The summed E-state index contributed by atoms with van der Waals surface area (Å²) < 4.78 is 24.7. The van der Waals surface area contributed by atoms with Crippen molar-refractivity contribution in [2.24, 2.45) is 0 Å². The normalized spacial score (nSPS) is 12.0. The molecular weight excluding hydrogens is 601 g/mol. The van der Waals surface area contributed by atoms with Crippen LogP contribution in [-0.4, -0.2) is 26.8 Å². The SMILES string of the molecule is CCOC(=O)Cc1ccc(NC(C)=O)cc1OCc1cc(I)c2oc(CO[Si](C)(C)C(C)(C)C)cc2c1. The molecule has 37 heavy (non-hydrogen) atoms. The van der Waals surface area contributed by atoms with Gasteiger partial charge in [-0.3, -0.25) is 9.59 Å². The maximum Gasteiger partial charge on any atom is 0.310 e. The lowest BCUT2D eigenvalue weighted by molar-refractivity contribution is -0.142. The van der Waals surface area contributed by atoms with Crippen LogP contribution in [0.25, 0.3) is 11.0 Å². The Kier molecular flexibility index (Phi) is 9.46. The summed E-state index contributed by atoms with van der Waals surface area (Å²) in [5.41, 5.74) is 3.08. The molecule has 0 aliphatic heterocycles. The van der Waals surface area contributed by atoms with Gasteiger partial charge in [0.15, 0.2) is 8.32 Å². The number of nitrogens with one attached hydrogen (secondary N) is 1. The van der Waals surface area contributed by atoms with E-state index in [0.29, 0.717) is 30.2 Å². The molecule has 0 aliphatic carbocycles. The molecule has 1 aromatic heterocycles. The molecule has 0 saturated carbocycles. The third kappa shape index (κ3) is 7.81. The standard InChI is InChI=1S/C28H36INO6Si/c1-8-33-26(32)14-20-9-10-22(30-18(2)31)15-25(20)34-16-19-11-21-13-23(36-27(21)24(29)12-19)17-35-37(6,7)28(3,4)5/h9-13,15H,8,14,16-17H2,1-7H3,(H,30,31). The lowest BCUT2D eigenvalue weighted by Gasteiger charge is -2.35. The molecule has 7 nitrogen and oxygen atoms in total. The number of halogens is 1. The third-order valence-corrected chi connectivity index (χ3v) is 11.8. The van der Waals surface area contributed by atoms with Crippen molar-refractivity contribution in [2.45, 2.75) is 72.4 Å². The summed E-state index contributed by atoms with van der Waals surface area (Å²) in [6.45, 7) is 15.4. The van der Waals surface area contributed by atoms with E-state index in [0.717, 1.165) is 25.9 Å². The number of hydrogen-bond donors (Lipinski definition) is 1. The Morgan fingerprint density at radius 2 is 1.81 bits per heavy atom. The molecule has 3 rings (SSSR count). The zero-order valence-corrected chi connectivity index (χ0v) is 25.8. The van der Waals surface area contributed by atoms with Crippen molar-refractivity contribution >= 4 is 59.4 Å². The molecule has 0 saturated heterocycles. The molecular formula is C28H36INO6Si. The van der Waals surface area contributed by atoms with Crippen LogP contribution in [0.15, 0.2) is 40.8 Å². The number of fused-ring (bicyclic) bond motifs is 1. The Balaban J connectivity index is 1.80. The van der Waals surface area contributed by atoms with Crippen molar-refractivity contribution in [3.8, 4) is 5.75 Å². The Morgan fingerprint density at radius 1 is 1.08 bits per heavy atom. The number of anilines is 1. The first-order valence-corrected chi connectivity index (χ1v) is 16.3. The lowest BCUT2D eigenvalue weighted by atomic mass is 10.1. The largest absolute Gasteiger partial charge is 0.489 e. The number of esters is 1. The van der Waals surface area contributed by atoms with E-state index < -0.39 is 8.32 Å². The van der Waals surface area contributed by atoms with Gasteiger partial charge in [-0.1, -0.05) is 26.8 Å². The van der Waals surface area contributed by atoms with Crippen LogP contribution >= 0.6 is 22.6 Å². The average Bonchev–Trinajstić information content (AvgIpc) is 3.20. The van der Waals surface area contributed by atoms with Gasteiger partial charge in [0.2, 0.25) is 5.91 Å². The summed E-state index contributed by atoms with van der Waals surface area (Å²) in [6, 6.07) is 11.3. The van der Waals surface area contributed by atoms with E-state index in [4.69, 9.17) is 18.3 Å². The van der Waals surface area contributed by atoms with Crippen molar-refractivity contribution in [3.05, 3.63) is 56.9 Å². The van der Waals surface area contributed by atoms with Crippen LogP contribution in [0.3, 0.4) is 0 Å². The number of amides is 1. The Morgan fingerprint density at radius 3 is 2.46 bits per heavy atom. The van der Waals surface area contributed by atoms with E-state index in [9.17, 15) is 9.59 Å². The predicted molar refractivity (Wildman–Crippen MR) is 156 cm³/mol. The second kappa shape index (κ2) is 12.0. The fourth-order valence-electron chi connectivity index (χ4n) is 3.49. The van der Waals surface area contributed by atoms with Gasteiger partial charge in [0, 0.05) is 29.6 Å². The topological polar surface area (TPSA) is 87.0 Å². The molecule has 200 valence electrons. The van der Waals surface area contributed by atoms with Gasteiger partial charge in [-0.25, -0.2) is 0 Å². The minimum atomic E-state index is -1.89. The number of carbonyl (C=O) groups is 2. The van der Waals surface area contributed by atoms with Crippen LogP contribution in [0.4, 0.5) is 5.69 Å². The number of ether oxygens (including phenoxy) is 2. The molecule has 3 aromatic rings. The summed E-state index contributed by atoms with van der Waals surface area (Å²) in [5, 5.41) is 3.87. The first-order valence-electron chi connectivity index (χ1n) is 12.3. The minimum absolute atomic E-state index is 0.0828. The van der Waals surface area contributed by atoms with E-state index in [1.807, 2.05) is 18.2 Å². The summed E-state index contributed by atoms with van der Waals surface area (Å²) in [7, 11) is -1.89. The molecule has 0 bridgehead atoms. The molecule has 0 atom stereocenters. The summed E-state index contributed by atoms with van der Waals surface area (Å²) in [5.74, 6) is 0.805. The molecule has 2 aromatic carbocycles. The highest BCUT2D eigenvalue weighted by Crippen LogP contribution is 2.37. The maximum absolute atomic E-state index is 12.1. The number of rotatable bonds is 10. The monoisotopic (exact) mass is 637 g/mol. The number of benzene rings is 2. The number of carbonyl (C=O) groups excluding carboxylic acids is 2. The van der Waals surface area contributed by atoms with Gasteiger partial charge in [0.1, 0.15) is 23.7 Å². The van der Waals surface area contributed by atoms with Crippen molar-refractivity contribution in [3.63, 3.8) is 0 Å². The van der Waals surface area contributed by atoms with Gasteiger partial charge in [0.25, 0.3) is 0 Å². The molecule has 9 heteroatoms.